The fourth-order valence-corrected chi connectivity index (χ4v) is 5.90. The van der Waals surface area contributed by atoms with Crippen LogP contribution >= 0.6 is 7.14 Å². The number of anilines is 1. The van der Waals surface area contributed by atoms with Crippen molar-refractivity contribution in [2.24, 2.45) is 0 Å². The van der Waals surface area contributed by atoms with Crippen molar-refractivity contribution in [1.82, 2.24) is 15.2 Å². The van der Waals surface area contributed by atoms with Crippen LogP contribution in [0.5, 0.6) is 0 Å². The maximum Gasteiger partial charge on any atom is 0.253 e. The topological polar surface area (TPSA) is 119 Å². The lowest BCUT2D eigenvalue weighted by Gasteiger charge is -2.31. The van der Waals surface area contributed by atoms with Gasteiger partial charge in [-0.15, -0.1) is 0 Å². The molecular weight excluding hydrogens is 561 g/mol. The van der Waals surface area contributed by atoms with E-state index >= 15 is 0 Å². The van der Waals surface area contributed by atoms with Gasteiger partial charge in [0.1, 0.15) is 24.3 Å². The van der Waals surface area contributed by atoms with E-state index in [4.69, 9.17) is 10.2 Å². The largest absolute Gasteiger partial charge is 0.458 e. The molecule has 1 aliphatic rings. The van der Waals surface area contributed by atoms with Crippen LogP contribution in [0, 0.1) is 0 Å². The van der Waals surface area contributed by atoms with Crippen molar-refractivity contribution in [2.75, 3.05) is 32.2 Å². The average Bonchev–Trinajstić information content (AvgIpc) is 3.37. The van der Waals surface area contributed by atoms with Crippen molar-refractivity contribution in [1.29, 1.82) is 0 Å². The summed E-state index contributed by atoms with van der Waals surface area (Å²) in [7, 11) is -2.77. The third kappa shape index (κ3) is 6.77. The lowest BCUT2D eigenvalue weighted by atomic mass is 10.0. The molecule has 0 aliphatic carbocycles. The second-order valence-corrected chi connectivity index (χ2v) is 14.0. The van der Waals surface area contributed by atoms with Crippen molar-refractivity contribution in [3.05, 3.63) is 83.8 Å². The van der Waals surface area contributed by atoms with E-state index in [1.165, 1.54) is 11.0 Å². The minimum atomic E-state index is -2.77. The Morgan fingerprint density at radius 2 is 1.79 bits per heavy atom. The third-order valence-electron chi connectivity index (χ3n) is 7.15. The van der Waals surface area contributed by atoms with Crippen molar-refractivity contribution in [2.45, 2.75) is 25.3 Å². The van der Waals surface area contributed by atoms with Gasteiger partial charge in [0.05, 0.1) is 11.8 Å². The molecule has 42 heavy (non-hydrogen) atoms. The van der Waals surface area contributed by atoms with Crippen molar-refractivity contribution >= 4 is 47.1 Å². The summed E-state index contributed by atoms with van der Waals surface area (Å²) in [6, 6.07) is 15.9. The summed E-state index contributed by atoms with van der Waals surface area (Å²) >= 11 is 0. The Balaban J connectivity index is 1.33. The molecular formula is C31H31F2N4O4P. The van der Waals surface area contributed by atoms with Crippen LogP contribution in [0.25, 0.3) is 28.2 Å². The molecule has 4 aromatic rings. The SMILES string of the molecule is CP(C)(=O)c1cc(-c2ccc(C(=O)N3CCC(F)(F)CC3)cc2)cc2cc(CNC(=O)/C=C/c3ccc(N)nc3)oc12. The zero-order valence-electron chi connectivity index (χ0n) is 23.3. The number of nitrogens with one attached hydrogen (secondary N) is 1. The number of fused-ring (bicyclic) bond motifs is 1. The number of benzene rings is 2. The summed E-state index contributed by atoms with van der Waals surface area (Å²) in [4.78, 5) is 30.6. The number of nitrogens with two attached hydrogens (primary N) is 1. The number of hydrogen-bond acceptors (Lipinski definition) is 6. The highest BCUT2D eigenvalue weighted by Gasteiger charge is 2.35. The number of nitrogens with zero attached hydrogens (tertiary/aromatic N) is 2. The van der Waals surface area contributed by atoms with E-state index in [0.29, 0.717) is 28.0 Å². The van der Waals surface area contributed by atoms with E-state index < -0.39 is 13.1 Å². The molecule has 3 heterocycles. The van der Waals surface area contributed by atoms with Gasteiger partial charge >= 0.3 is 0 Å². The molecule has 0 radical (unpaired) electrons. The van der Waals surface area contributed by atoms with E-state index in [-0.39, 0.29) is 44.3 Å². The van der Waals surface area contributed by atoms with Crippen LogP contribution in [-0.4, -0.2) is 54.0 Å². The predicted octanol–water partition coefficient (Wildman–Crippen LogP) is 5.53. The lowest BCUT2D eigenvalue weighted by Crippen LogP contribution is -2.42. The number of rotatable bonds is 7. The number of hydrogen-bond donors (Lipinski definition) is 2. The standard InChI is InChI=1S/C31H31F2N4O4P/c1-42(2,40)26-17-23(21-5-7-22(8-6-21)30(39)37-13-11-31(32,33)12-14-37)15-24-16-25(41-29(24)26)19-36-28(38)10-4-20-3-9-27(34)35-18-20/h3-10,15-18H,11-14,19H2,1-2H3,(H2,34,35)(H,36,38)/b10-4+. The first-order chi connectivity index (χ1) is 19.9. The first-order valence-electron chi connectivity index (χ1n) is 13.4. The summed E-state index contributed by atoms with van der Waals surface area (Å²) in [5.41, 5.74) is 8.81. The molecule has 0 spiro atoms. The van der Waals surface area contributed by atoms with Crippen LogP contribution in [-0.2, 0) is 15.9 Å². The van der Waals surface area contributed by atoms with Crippen molar-refractivity contribution in [3.63, 3.8) is 0 Å². The molecule has 2 amide bonds. The smallest absolute Gasteiger partial charge is 0.253 e. The fourth-order valence-electron chi connectivity index (χ4n) is 4.79. The van der Waals surface area contributed by atoms with Gasteiger partial charge in [0.15, 0.2) is 0 Å². The maximum absolute atomic E-state index is 13.5. The van der Waals surface area contributed by atoms with Crippen LogP contribution in [0.4, 0.5) is 14.6 Å². The van der Waals surface area contributed by atoms with Crippen LogP contribution < -0.4 is 16.4 Å². The summed E-state index contributed by atoms with van der Waals surface area (Å²) in [6.07, 6.45) is 3.92. The Kier molecular flexibility index (Phi) is 8.01. The molecule has 3 N–H and O–H groups in total. The molecule has 8 nitrogen and oxygen atoms in total. The highest BCUT2D eigenvalue weighted by atomic mass is 31.2. The lowest BCUT2D eigenvalue weighted by molar-refractivity contribution is -0.116. The van der Waals surface area contributed by atoms with Gasteiger partial charge in [0.2, 0.25) is 5.91 Å². The number of pyridine rings is 1. The first kappa shape index (κ1) is 29.2. The van der Waals surface area contributed by atoms with Gasteiger partial charge in [-0.2, -0.15) is 0 Å². The number of alkyl halides is 2. The number of likely N-dealkylation sites (tertiary alicyclic amines) is 1. The van der Waals surface area contributed by atoms with Gasteiger partial charge in [-0.25, -0.2) is 13.8 Å². The third-order valence-corrected chi connectivity index (χ3v) is 8.64. The van der Waals surface area contributed by atoms with Gasteiger partial charge in [0, 0.05) is 49.2 Å². The summed E-state index contributed by atoms with van der Waals surface area (Å²) in [5.74, 6) is -2.43. The molecule has 0 unspecified atom stereocenters. The molecule has 11 heteroatoms. The Morgan fingerprint density at radius 3 is 2.43 bits per heavy atom. The molecule has 0 saturated carbocycles. The van der Waals surface area contributed by atoms with E-state index in [0.717, 1.165) is 22.1 Å². The number of carbonyl (C=O) groups is 2. The minimum Gasteiger partial charge on any atom is -0.458 e. The van der Waals surface area contributed by atoms with Crippen molar-refractivity contribution in [3.8, 4) is 11.1 Å². The first-order valence-corrected chi connectivity index (χ1v) is 16.1. The van der Waals surface area contributed by atoms with Crippen molar-refractivity contribution < 1.29 is 27.4 Å². The minimum absolute atomic E-state index is 0.0233. The van der Waals surface area contributed by atoms with E-state index in [2.05, 4.69) is 10.3 Å². The van der Waals surface area contributed by atoms with Gasteiger partial charge < -0.3 is 24.9 Å². The number of furan rings is 1. The Morgan fingerprint density at radius 1 is 1.07 bits per heavy atom. The second-order valence-electron chi connectivity index (χ2n) is 10.8. The normalized spacial score (nSPS) is 15.3. The quantitative estimate of drug-likeness (QED) is 0.215. The Labute approximate surface area is 242 Å². The molecule has 0 bridgehead atoms. The zero-order chi connectivity index (χ0) is 30.1. The van der Waals surface area contributed by atoms with Crippen LogP contribution in [0.3, 0.4) is 0 Å². The average molecular weight is 593 g/mol. The number of piperidine rings is 1. The number of nitrogen functional groups attached to an aromatic ring is 1. The number of aromatic nitrogens is 1. The van der Waals surface area contributed by atoms with Crippen LogP contribution in [0.15, 0.2) is 71.3 Å². The number of amides is 2. The van der Waals surface area contributed by atoms with Gasteiger partial charge in [0.25, 0.3) is 11.8 Å². The fraction of sp³-hybridized carbons (Fsp3) is 0.258. The van der Waals surface area contributed by atoms with Gasteiger partial charge in [-0.05, 0) is 78.6 Å². The summed E-state index contributed by atoms with van der Waals surface area (Å²) in [6.45, 7) is 3.50. The Hall–Kier alpha value is -4.30. The molecule has 1 saturated heterocycles. The molecule has 218 valence electrons. The Bertz CT molecular complexity index is 1700. The van der Waals surface area contributed by atoms with E-state index in [1.807, 2.05) is 12.1 Å². The molecule has 0 atom stereocenters. The number of carbonyl (C=O) groups excluding carboxylic acids is 2. The molecule has 1 fully saturated rings. The maximum atomic E-state index is 13.5. The number of halogens is 2. The van der Waals surface area contributed by atoms with Crippen LogP contribution in [0.1, 0.15) is 34.5 Å². The van der Waals surface area contributed by atoms with Crippen LogP contribution in [0.2, 0.25) is 0 Å². The molecule has 5 rings (SSSR count). The van der Waals surface area contributed by atoms with E-state index in [1.54, 1.807) is 68.1 Å². The second kappa shape index (κ2) is 11.5. The van der Waals surface area contributed by atoms with E-state index in [9.17, 15) is 22.9 Å². The molecule has 1 aliphatic heterocycles. The predicted molar refractivity (Wildman–Crippen MR) is 160 cm³/mol. The summed E-state index contributed by atoms with van der Waals surface area (Å²) in [5, 5.41) is 4.08. The monoisotopic (exact) mass is 592 g/mol. The van der Waals surface area contributed by atoms with Gasteiger partial charge in [-0.3, -0.25) is 9.59 Å². The van der Waals surface area contributed by atoms with Gasteiger partial charge in [-0.1, -0.05) is 12.1 Å². The molecule has 2 aromatic heterocycles. The molecule has 2 aromatic carbocycles. The highest BCUT2D eigenvalue weighted by Crippen LogP contribution is 2.40. The summed E-state index contributed by atoms with van der Waals surface area (Å²) < 4.78 is 46.3. The highest BCUT2D eigenvalue weighted by molar-refractivity contribution is 7.70. The zero-order valence-corrected chi connectivity index (χ0v) is 24.2.